The molecule has 0 bridgehead atoms. The molecular formula is C22H23NO4S. The van der Waals surface area contributed by atoms with Crippen LogP contribution in [0.3, 0.4) is 0 Å². The van der Waals surface area contributed by atoms with E-state index in [1.54, 1.807) is 7.11 Å². The molecule has 6 heteroatoms. The first-order chi connectivity index (χ1) is 13.7. The van der Waals surface area contributed by atoms with E-state index in [1.807, 2.05) is 48.5 Å². The molecule has 1 aliphatic heterocycles. The summed E-state index contributed by atoms with van der Waals surface area (Å²) in [7, 11) is 1.64. The van der Waals surface area contributed by atoms with E-state index in [0.717, 1.165) is 65.6 Å². The molecule has 0 spiro atoms. The van der Waals surface area contributed by atoms with E-state index >= 15 is 0 Å². The highest BCUT2D eigenvalue weighted by molar-refractivity contribution is 7.71. The molecule has 4 rings (SSSR count). The number of benzene rings is 2. The zero-order valence-corrected chi connectivity index (χ0v) is 16.7. The maximum atomic E-state index is 6.07. The molecule has 0 aliphatic carbocycles. The second-order valence-corrected chi connectivity index (χ2v) is 7.10. The molecule has 2 heterocycles. The molecule has 5 nitrogen and oxygen atoms in total. The number of nitrogens with zero attached hydrogens (tertiary/aromatic N) is 1. The maximum absolute atomic E-state index is 6.07. The van der Waals surface area contributed by atoms with Crippen LogP contribution in [-0.4, -0.2) is 51.5 Å². The van der Waals surface area contributed by atoms with Crippen LogP contribution in [0.25, 0.3) is 22.3 Å². The Morgan fingerprint density at radius 1 is 1.00 bits per heavy atom. The highest BCUT2D eigenvalue weighted by Gasteiger charge is 2.10. The number of ether oxygens (including phenoxy) is 3. The van der Waals surface area contributed by atoms with Crippen LogP contribution in [0, 0.1) is 4.51 Å². The monoisotopic (exact) mass is 397 g/mol. The average Bonchev–Trinajstić information content (AvgIpc) is 2.74. The molecular weight excluding hydrogens is 374 g/mol. The van der Waals surface area contributed by atoms with Gasteiger partial charge in [-0.05, 0) is 36.4 Å². The van der Waals surface area contributed by atoms with Crippen molar-refractivity contribution in [2.24, 2.45) is 0 Å². The fraction of sp³-hybridized carbons (Fsp3) is 0.318. The van der Waals surface area contributed by atoms with E-state index in [-0.39, 0.29) is 0 Å². The molecule has 28 heavy (non-hydrogen) atoms. The van der Waals surface area contributed by atoms with Crippen LogP contribution in [0.5, 0.6) is 11.5 Å². The minimum Gasteiger partial charge on any atom is -0.497 e. The van der Waals surface area contributed by atoms with Crippen LogP contribution in [0.2, 0.25) is 0 Å². The molecule has 1 aromatic heterocycles. The zero-order valence-electron chi connectivity index (χ0n) is 15.8. The Balaban J connectivity index is 1.46. The lowest BCUT2D eigenvalue weighted by molar-refractivity contribution is 0.0322. The van der Waals surface area contributed by atoms with Crippen molar-refractivity contribution in [1.82, 2.24) is 4.90 Å². The van der Waals surface area contributed by atoms with E-state index in [2.05, 4.69) is 4.90 Å². The highest BCUT2D eigenvalue weighted by Crippen LogP contribution is 2.29. The molecule has 3 aromatic rings. The van der Waals surface area contributed by atoms with Crippen LogP contribution in [0.4, 0.5) is 0 Å². The SMILES string of the molecule is COc1ccc2c(=S)cc(-c3ccc(OCCN4CCOCC4)cc3)oc2c1. The van der Waals surface area contributed by atoms with Crippen molar-refractivity contribution in [3.63, 3.8) is 0 Å². The van der Waals surface area contributed by atoms with Gasteiger partial charge in [-0.15, -0.1) is 0 Å². The van der Waals surface area contributed by atoms with Crippen LogP contribution in [0.15, 0.2) is 52.9 Å². The van der Waals surface area contributed by atoms with Crippen LogP contribution in [0.1, 0.15) is 0 Å². The first-order valence-electron chi connectivity index (χ1n) is 9.38. The summed E-state index contributed by atoms with van der Waals surface area (Å²) in [5.74, 6) is 2.32. The smallest absolute Gasteiger partial charge is 0.139 e. The maximum Gasteiger partial charge on any atom is 0.139 e. The van der Waals surface area contributed by atoms with Gasteiger partial charge in [-0.2, -0.15) is 0 Å². The average molecular weight is 397 g/mol. The first kappa shape index (κ1) is 18.9. The van der Waals surface area contributed by atoms with Gasteiger partial charge in [0.2, 0.25) is 0 Å². The van der Waals surface area contributed by atoms with Gasteiger partial charge in [0.25, 0.3) is 0 Å². The lowest BCUT2D eigenvalue weighted by atomic mass is 10.1. The molecule has 0 N–H and O–H groups in total. The largest absolute Gasteiger partial charge is 0.497 e. The molecule has 1 saturated heterocycles. The van der Waals surface area contributed by atoms with Crippen LogP contribution >= 0.6 is 12.2 Å². The Morgan fingerprint density at radius 2 is 1.75 bits per heavy atom. The van der Waals surface area contributed by atoms with Crippen molar-refractivity contribution in [1.29, 1.82) is 0 Å². The van der Waals surface area contributed by atoms with Crippen molar-refractivity contribution < 1.29 is 18.6 Å². The third-order valence-electron chi connectivity index (χ3n) is 4.86. The van der Waals surface area contributed by atoms with Gasteiger partial charge in [-0.25, -0.2) is 0 Å². The molecule has 1 fully saturated rings. The summed E-state index contributed by atoms with van der Waals surface area (Å²) in [6.07, 6.45) is 0. The van der Waals surface area contributed by atoms with Crippen LogP contribution < -0.4 is 9.47 Å². The second-order valence-electron chi connectivity index (χ2n) is 6.66. The fourth-order valence-electron chi connectivity index (χ4n) is 3.24. The number of rotatable bonds is 6. The summed E-state index contributed by atoms with van der Waals surface area (Å²) in [6, 6.07) is 15.5. The Kier molecular flexibility index (Phi) is 5.90. The Labute approximate surface area is 169 Å². The third kappa shape index (κ3) is 4.35. The van der Waals surface area contributed by atoms with E-state index < -0.39 is 0 Å². The van der Waals surface area contributed by atoms with Gasteiger partial charge in [0, 0.05) is 42.7 Å². The molecule has 0 radical (unpaired) electrons. The fourth-order valence-corrected chi connectivity index (χ4v) is 3.51. The van der Waals surface area contributed by atoms with E-state index in [9.17, 15) is 0 Å². The van der Waals surface area contributed by atoms with E-state index in [4.69, 9.17) is 30.8 Å². The number of methoxy groups -OCH3 is 1. The minimum absolute atomic E-state index is 0.662. The standard InChI is InChI=1S/C22H23NO4S/c1-24-18-6-7-19-21(14-18)27-20(15-22(19)28)16-2-4-17(5-3-16)26-13-10-23-8-11-25-12-9-23/h2-7,14-15H,8-13H2,1H3. The summed E-state index contributed by atoms with van der Waals surface area (Å²) in [6.45, 7) is 5.13. The Morgan fingerprint density at radius 3 is 2.50 bits per heavy atom. The second kappa shape index (κ2) is 8.73. The van der Waals surface area contributed by atoms with Crippen molar-refractivity contribution >= 4 is 23.2 Å². The number of hydrogen-bond acceptors (Lipinski definition) is 6. The lowest BCUT2D eigenvalue weighted by Gasteiger charge is -2.26. The normalized spacial score (nSPS) is 14.9. The van der Waals surface area contributed by atoms with Crippen LogP contribution in [-0.2, 0) is 4.74 Å². The van der Waals surface area contributed by atoms with Gasteiger partial charge in [-0.3, -0.25) is 4.90 Å². The van der Waals surface area contributed by atoms with Crippen molar-refractivity contribution in [3.05, 3.63) is 53.0 Å². The van der Waals surface area contributed by atoms with Gasteiger partial charge in [-0.1, -0.05) is 12.2 Å². The van der Waals surface area contributed by atoms with Crippen molar-refractivity contribution in [3.8, 4) is 22.8 Å². The molecule has 0 amide bonds. The molecule has 1 aliphatic rings. The summed E-state index contributed by atoms with van der Waals surface area (Å²) < 4.78 is 23.3. The van der Waals surface area contributed by atoms with Gasteiger partial charge in [0.05, 0.1) is 24.8 Å². The summed E-state index contributed by atoms with van der Waals surface area (Å²) in [5.41, 5.74) is 1.67. The predicted octanol–water partition coefficient (Wildman–Crippen LogP) is 4.55. The Bertz CT molecular complexity index is 994. The van der Waals surface area contributed by atoms with Gasteiger partial charge in [0.1, 0.15) is 29.4 Å². The lowest BCUT2D eigenvalue weighted by Crippen LogP contribution is -2.38. The summed E-state index contributed by atoms with van der Waals surface area (Å²) in [5, 5.41) is 0.905. The Hall–Kier alpha value is -2.41. The van der Waals surface area contributed by atoms with Crippen molar-refractivity contribution in [2.75, 3.05) is 46.6 Å². The molecule has 0 saturated carbocycles. The molecule has 2 aromatic carbocycles. The first-order valence-corrected chi connectivity index (χ1v) is 9.79. The molecule has 0 atom stereocenters. The van der Waals surface area contributed by atoms with Gasteiger partial charge >= 0.3 is 0 Å². The summed E-state index contributed by atoms with van der Waals surface area (Å²) >= 11 is 5.53. The third-order valence-corrected chi connectivity index (χ3v) is 5.19. The quantitative estimate of drug-likeness (QED) is 0.569. The van der Waals surface area contributed by atoms with Crippen molar-refractivity contribution in [2.45, 2.75) is 0 Å². The number of morpholine rings is 1. The summed E-state index contributed by atoms with van der Waals surface area (Å²) in [4.78, 5) is 2.35. The molecule has 0 unspecified atom stereocenters. The number of hydrogen-bond donors (Lipinski definition) is 0. The van der Waals surface area contributed by atoms with Gasteiger partial charge in [0.15, 0.2) is 0 Å². The van der Waals surface area contributed by atoms with E-state index in [0.29, 0.717) is 12.2 Å². The van der Waals surface area contributed by atoms with Gasteiger partial charge < -0.3 is 18.6 Å². The molecule has 146 valence electrons. The topological polar surface area (TPSA) is 44.1 Å². The minimum atomic E-state index is 0.662. The zero-order chi connectivity index (χ0) is 19.3. The number of fused-ring (bicyclic) bond motifs is 1. The predicted molar refractivity (Wildman–Crippen MR) is 112 cm³/mol. The highest BCUT2D eigenvalue weighted by atomic mass is 32.1. The van der Waals surface area contributed by atoms with E-state index in [1.165, 1.54) is 0 Å².